The minimum absolute atomic E-state index is 0.228. The molecule has 9 aromatic carbocycles. The first-order valence-electron chi connectivity index (χ1n) is 19.9. The van der Waals surface area contributed by atoms with Gasteiger partial charge in [0.2, 0.25) is 13.6 Å². The molecule has 4 heterocycles. The summed E-state index contributed by atoms with van der Waals surface area (Å²) in [4.78, 5) is 4.46. The van der Waals surface area contributed by atoms with Crippen molar-refractivity contribution in [2.75, 3.05) is 23.4 Å². The zero-order chi connectivity index (χ0) is 39.3. The zero-order valence-electron chi connectivity index (χ0n) is 31.9. The number of fused-ring (bicyclic) bond motifs is 12. The van der Waals surface area contributed by atoms with E-state index in [2.05, 4.69) is 137 Å². The van der Waals surface area contributed by atoms with Crippen LogP contribution in [0, 0.1) is 0 Å². The molecule has 8 nitrogen and oxygen atoms in total. The quantitative estimate of drug-likeness (QED) is 0.165. The van der Waals surface area contributed by atoms with E-state index in [4.69, 9.17) is 27.8 Å². The molecule has 60 heavy (non-hydrogen) atoms. The lowest BCUT2D eigenvalue weighted by molar-refractivity contribution is 0.173. The van der Waals surface area contributed by atoms with Gasteiger partial charge in [0.25, 0.3) is 0 Å². The normalized spacial score (nSPS) is 13.1. The number of benzene rings is 9. The molecule has 286 valence electrons. The third-order valence-corrected chi connectivity index (χ3v) is 11.8. The van der Waals surface area contributed by atoms with Crippen LogP contribution in [-0.2, 0) is 0 Å². The lowest BCUT2D eigenvalue weighted by Gasteiger charge is -2.26. The van der Waals surface area contributed by atoms with Crippen LogP contribution in [0.4, 0.5) is 34.1 Å². The monoisotopic (exact) mass is 780 g/mol. The average molecular weight is 781 g/mol. The number of rotatable bonds is 6. The lowest BCUT2D eigenvalue weighted by atomic mass is 10.0. The summed E-state index contributed by atoms with van der Waals surface area (Å²) in [6.07, 6.45) is 0. The molecule has 0 N–H and O–H groups in total. The summed E-state index contributed by atoms with van der Waals surface area (Å²) in [7, 11) is 0. The Morgan fingerprint density at radius 1 is 0.300 bits per heavy atom. The fourth-order valence-electron chi connectivity index (χ4n) is 8.97. The molecule has 0 unspecified atom stereocenters. The molecule has 13 rings (SSSR count). The number of hydrogen-bond donors (Lipinski definition) is 0. The van der Waals surface area contributed by atoms with Crippen LogP contribution >= 0.6 is 0 Å². The van der Waals surface area contributed by atoms with Crippen molar-refractivity contribution in [3.8, 4) is 23.0 Å². The van der Waals surface area contributed by atoms with E-state index in [1.54, 1.807) is 0 Å². The highest BCUT2D eigenvalue weighted by Gasteiger charge is 2.22. The molecule has 0 amide bonds. The Labute approximate surface area is 342 Å². The molecule has 0 atom stereocenters. The molecule has 11 aromatic rings. The van der Waals surface area contributed by atoms with Gasteiger partial charge >= 0.3 is 0 Å². The molecule has 0 radical (unpaired) electrons. The van der Waals surface area contributed by atoms with Crippen molar-refractivity contribution in [1.29, 1.82) is 0 Å². The smallest absolute Gasteiger partial charge is 0.231 e. The maximum atomic E-state index is 6.70. The Morgan fingerprint density at radius 2 is 0.717 bits per heavy atom. The molecule has 2 aliphatic heterocycles. The average Bonchev–Trinajstić information content (AvgIpc) is 4.11. The highest BCUT2D eigenvalue weighted by atomic mass is 16.7. The molecule has 2 aliphatic rings. The van der Waals surface area contributed by atoms with Gasteiger partial charge in [-0.3, -0.25) is 0 Å². The molecule has 0 aliphatic carbocycles. The molecule has 0 bridgehead atoms. The van der Waals surface area contributed by atoms with Gasteiger partial charge in [-0.15, -0.1) is 0 Å². The Hall–Kier alpha value is -8.10. The summed E-state index contributed by atoms with van der Waals surface area (Å²) in [5.41, 5.74) is 9.35. The first kappa shape index (κ1) is 32.9. The second kappa shape index (κ2) is 12.7. The van der Waals surface area contributed by atoms with Crippen molar-refractivity contribution in [2.45, 2.75) is 0 Å². The summed E-state index contributed by atoms with van der Waals surface area (Å²) >= 11 is 0. The van der Waals surface area contributed by atoms with Crippen LogP contribution in [0.2, 0.25) is 0 Å². The summed E-state index contributed by atoms with van der Waals surface area (Å²) in [6.45, 7) is 0.457. The van der Waals surface area contributed by atoms with Crippen molar-refractivity contribution >= 4 is 99.5 Å². The number of furan rings is 2. The Kier molecular flexibility index (Phi) is 6.97. The second-order valence-corrected chi connectivity index (χ2v) is 15.2. The largest absolute Gasteiger partial charge is 0.455 e. The van der Waals surface area contributed by atoms with Gasteiger partial charge in [-0.1, -0.05) is 48.5 Å². The molecule has 8 heteroatoms. The van der Waals surface area contributed by atoms with Gasteiger partial charge in [0, 0.05) is 73.3 Å². The maximum Gasteiger partial charge on any atom is 0.231 e. The molecular weight excluding hydrogens is 749 g/mol. The van der Waals surface area contributed by atoms with Crippen LogP contribution in [0.5, 0.6) is 23.0 Å². The van der Waals surface area contributed by atoms with Crippen LogP contribution < -0.4 is 28.7 Å². The highest BCUT2D eigenvalue weighted by Crippen LogP contribution is 2.46. The van der Waals surface area contributed by atoms with E-state index in [0.29, 0.717) is 0 Å². The predicted octanol–water partition coefficient (Wildman–Crippen LogP) is 14.2. The molecular formula is C52H32N2O6. The van der Waals surface area contributed by atoms with E-state index in [1.165, 1.54) is 0 Å². The van der Waals surface area contributed by atoms with E-state index in [0.717, 1.165) is 123 Å². The Balaban J connectivity index is 0.899. The zero-order valence-corrected chi connectivity index (χ0v) is 31.9. The van der Waals surface area contributed by atoms with Gasteiger partial charge in [0.1, 0.15) is 22.3 Å². The summed E-state index contributed by atoms with van der Waals surface area (Å²) in [5.74, 6) is 2.99. The van der Waals surface area contributed by atoms with Gasteiger partial charge in [-0.2, -0.15) is 0 Å². The van der Waals surface area contributed by atoms with Crippen LogP contribution in [0.3, 0.4) is 0 Å². The van der Waals surface area contributed by atoms with E-state index >= 15 is 0 Å². The predicted molar refractivity (Wildman–Crippen MR) is 238 cm³/mol. The van der Waals surface area contributed by atoms with Crippen molar-refractivity contribution < 1.29 is 27.8 Å². The van der Waals surface area contributed by atoms with Gasteiger partial charge in [-0.05, 0) is 114 Å². The van der Waals surface area contributed by atoms with Gasteiger partial charge < -0.3 is 37.6 Å². The SMILES string of the molecule is c1ccc(N(c2ccc3c(c2)OCO3)c2ccc3c(ccc4c5cc6c(cc5oc34)oc3c4ccc(N(c5ccccc5)c5ccc7c(c5)OCO7)cc4ccc63)c2)cc1. The van der Waals surface area contributed by atoms with Crippen LogP contribution in [-0.4, -0.2) is 13.6 Å². The maximum absolute atomic E-state index is 6.70. The highest BCUT2D eigenvalue weighted by molar-refractivity contribution is 6.22. The van der Waals surface area contributed by atoms with Crippen LogP contribution in [0.1, 0.15) is 0 Å². The summed E-state index contributed by atoms with van der Waals surface area (Å²) in [5, 5.41) is 8.46. The summed E-state index contributed by atoms with van der Waals surface area (Å²) in [6, 6.07) is 58.8. The molecule has 0 saturated carbocycles. The lowest BCUT2D eigenvalue weighted by Crippen LogP contribution is -2.09. The number of anilines is 6. The molecule has 0 spiro atoms. The van der Waals surface area contributed by atoms with Crippen molar-refractivity contribution in [1.82, 2.24) is 0 Å². The first-order valence-corrected chi connectivity index (χ1v) is 19.9. The van der Waals surface area contributed by atoms with Gasteiger partial charge in [0.05, 0.1) is 11.4 Å². The van der Waals surface area contributed by atoms with Crippen LogP contribution in [0.25, 0.3) is 65.4 Å². The number of hydrogen-bond acceptors (Lipinski definition) is 8. The van der Waals surface area contributed by atoms with Crippen molar-refractivity contribution in [3.63, 3.8) is 0 Å². The van der Waals surface area contributed by atoms with E-state index < -0.39 is 0 Å². The third kappa shape index (κ3) is 5.04. The van der Waals surface area contributed by atoms with Gasteiger partial charge in [0.15, 0.2) is 23.0 Å². The molecule has 0 saturated heterocycles. The second-order valence-electron chi connectivity index (χ2n) is 15.2. The van der Waals surface area contributed by atoms with Crippen molar-refractivity contribution in [2.24, 2.45) is 0 Å². The minimum atomic E-state index is 0.228. The fourth-order valence-corrected chi connectivity index (χ4v) is 8.97. The molecule has 2 aromatic heterocycles. The minimum Gasteiger partial charge on any atom is -0.455 e. The first-order chi connectivity index (χ1) is 29.7. The Morgan fingerprint density at radius 3 is 1.20 bits per heavy atom. The van der Waals surface area contributed by atoms with E-state index in [-0.39, 0.29) is 13.6 Å². The third-order valence-electron chi connectivity index (χ3n) is 11.8. The van der Waals surface area contributed by atoms with E-state index in [9.17, 15) is 0 Å². The molecule has 0 fully saturated rings. The van der Waals surface area contributed by atoms with E-state index in [1.807, 2.05) is 42.5 Å². The number of ether oxygens (including phenoxy) is 4. The van der Waals surface area contributed by atoms with Crippen LogP contribution in [0.15, 0.2) is 179 Å². The Bertz CT molecular complexity index is 3290. The fraction of sp³-hybridized carbons (Fsp3) is 0.0385. The number of para-hydroxylation sites is 2. The van der Waals surface area contributed by atoms with Gasteiger partial charge in [-0.25, -0.2) is 0 Å². The standard InChI is InChI=1S/C52H32N2O6/c1-3-7-33(8-4-1)53(37-15-21-45-49(25-37)57-29-55-45)35-13-19-39-31(23-35)11-17-41-43-27-44-42-18-12-32-24-36(14-20-40(32)52(42)60-48(44)28-47(43)59-51(39)41)54(34-9-5-2-6-10-34)38-16-22-46-50(26-38)58-30-56-46/h1-28H,29-30H2. The summed E-state index contributed by atoms with van der Waals surface area (Å²) < 4.78 is 36.1. The number of nitrogens with zero attached hydrogens (tertiary/aromatic N) is 2. The van der Waals surface area contributed by atoms with Crippen molar-refractivity contribution in [3.05, 3.63) is 170 Å². The topological polar surface area (TPSA) is 69.7 Å².